The van der Waals surface area contributed by atoms with E-state index in [1.54, 1.807) is 7.05 Å². The predicted molar refractivity (Wildman–Crippen MR) is 68.9 cm³/mol. The number of carbonyl (C=O) groups excluding carboxylic acids is 1. The van der Waals surface area contributed by atoms with Gasteiger partial charge in [-0.05, 0) is 36.7 Å². The highest BCUT2D eigenvalue weighted by molar-refractivity contribution is 5.71. The number of carbonyl (C=O) groups is 1. The maximum Gasteiger partial charge on any atom is 0.412 e. The Hall–Kier alpha value is -1.75. The van der Waals surface area contributed by atoms with E-state index in [-0.39, 0.29) is 11.6 Å². The van der Waals surface area contributed by atoms with Crippen LogP contribution in [0.25, 0.3) is 0 Å². The number of anilines is 1. The Balaban J connectivity index is 1.94. The first-order chi connectivity index (χ1) is 8.63. The molecule has 0 radical (unpaired) electrons. The summed E-state index contributed by atoms with van der Waals surface area (Å²) >= 11 is 0. The summed E-state index contributed by atoms with van der Waals surface area (Å²) in [6.07, 6.45) is 0.927. The summed E-state index contributed by atoms with van der Waals surface area (Å²) in [5.41, 5.74) is 2.43. The fourth-order valence-electron chi connectivity index (χ4n) is 2.85. The lowest BCUT2D eigenvalue weighted by molar-refractivity contribution is 0.203. The Morgan fingerprint density at radius 1 is 1.56 bits per heavy atom. The van der Waals surface area contributed by atoms with E-state index in [1.807, 2.05) is 18.2 Å². The lowest BCUT2D eigenvalue weighted by atomic mass is 9.81. The van der Waals surface area contributed by atoms with Gasteiger partial charge in [-0.1, -0.05) is 6.92 Å². The van der Waals surface area contributed by atoms with Crippen LogP contribution in [0.3, 0.4) is 0 Å². The highest BCUT2D eigenvalue weighted by Gasteiger charge is 2.46. The molecule has 2 aliphatic rings. The Morgan fingerprint density at radius 3 is 3.17 bits per heavy atom. The van der Waals surface area contributed by atoms with E-state index in [9.17, 15) is 4.79 Å². The molecule has 96 valence electrons. The van der Waals surface area contributed by atoms with Gasteiger partial charge in [0, 0.05) is 18.2 Å². The molecule has 1 fully saturated rings. The Morgan fingerprint density at radius 2 is 2.39 bits per heavy atom. The molecule has 0 spiro atoms. The molecule has 1 saturated heterocycles. The molecule has 2 heterocycles. The summed E-state index contributed by atoms with van der Waals surface area (Å²) < 4.78 is 5.18. The Labute approximate surface area is 106 Å². The van der Waals surface area contributed by atoms with E-state index >= 15 is 0 Å². The molecule has 18 heavy (non-hydrogen) atoms. The van der Waals surface area contributed by atoms with Gasteiger partial charge in [0.15, 0.2) is 0 Å². The zero-order valence-electron chi connectivity index (χ0n) is 10.5. The van der Waals surface area contributed by atoms with Crippen LogP contribution in [-0.4, -0.2) is 25.9 Å². The van der Waals surface area contributed by atoms with Gasteiger partial charge in [0.25, 0.3) is 0 Å². The van der Waals surface area contributed by atoms with Crippen LogP contribution >= 0.6 is 0 Å². The van der Waals surface area contributed by atoms with Crippen molar-refractivity contribution in [2.24, 2.45) is 0 Å². The molecule has 0 unspecified atom stereocenters. The second-order valence-corrected chi connectivity index (χ2v) is 5.05. The summed E-state index contributed by atoms with van der Waals surface area (Å²) in [7, 11) is 1.55. The minimum Gasteiger partial charge on any atom is -0.410 e. The third-order valence-corrected chi connectivity index (χ3v) is 3.95. The summed E-state index contributed by atoms with van der Waals surface area (Å²) in [6, 6.07) is 5.74. The van der Waals surface area contributed by atoms with Gasteiger partial charge in [-0.3, -0.25) is 5.32 Å². The largest absolute Gasteiger partial charge is 0.412 e. The molecule has 0 aliphatic carbocycles. The molecule has 1 aromatic carbocycles. The lowest BCUT2D eigenvalue weighted by Crippen LogP contribution is -2.38. The maximum atomic E-state index is 11.2. The van der Waals surface area contributed by atoms with Crippen LogP contribution < -0.4 is 20.7 Å². The monoisotopic (exact) mass is 247 g/mol. The van der Waals surface area contributed by atoms with Gasteiger partial charge in [0.05, 0.1) is 6.17 Å². The molecule has 2 aliphatic heterocycles. The highest BCUT2D eigenvalue weighted by atomic mass is 16.5. The van der Waals surface area contributed by atoms with Crippen LogP contribution in [0.2, 0.25) is 0 Å². The third-order valence-electron chi connectivity index (χ3n) is 3.95. The average molecular weight is 247 g/mol. The quantitative estimate of drug-likeness (QED) is 0.702. The van der Waals surface area contributed by atoms with E-state index in [4.69, 9.17) is 4.74 Å². The van der Waals surface area contributed by atoms with E-state index in [1.165, 1.54) is 5.56 Å². The zero-order valence-corrected chi connectivity index (χ0v) is 10.5. The summed E-state index contributed by atoms with van der Waals surface area (Å²) in [5, 5.41) is 9.36. The topological polar surface area (TPSA) is 62.4 Å². The molecule has 5 heteroatoms. The fourth-order valence-corrected chi connectivity index (χ4v) is 2.85. The van der Waals surface area contributed by atoms with Gasteiger partial charge in [-0.2, -0.15) is 0 Å². The van der Waals surface area contributed by atoms with Crippen molar-refractivity contribution in [3.05, 3.63) is 23.8 Å². The minimum atomic E-state index is -0.438. The van der Waals surface area contributed by atoms with Gasteiger partial charge in [-0.25, -0.2) is 4.79 Å². The van der Waals surface area contributed by atoms with E-state index in [2.05, 4.69) is 22.9 Å². The maximum absolute atomic E-state index is 11.2. The summed E-state index contributed by atoms with van der Waals surface area (Å²) in [4.78, 5) is 11.2. The van der Waals surface area contributed by atoms with Crippen molar-refractivity contribution in [1.29, 1.82) is 0 Å². The summed E-state index contributed by atoms with van der Waals surface area (Å²) in [5.74, 6) is 0.587. The van der Waals surface area contributed by atoms with Crippen molar-refractivity contribution < 1.29 is 9.53 Å². The standard InChI is InChI=1S/C13H17N3O2/c1-13-5-6-15-11(13)16-10-4-3-8(7-9(10)13)18-12(17)14-2/h3-4,7,11,15-16H,5-6H2,1-2H3,(H,14,17)/t11-,13+/m1/s1. The van der Waals surface area contributed by atoms with E-state index in [0.717, 1.165) is 18.7 Å². The van der Waals surface area contributed by atoms with Crippen molar-refractivity contribution in [2.75, 3.05) is 18.9 Å². The van der Waals surface area contributed by atoms with Crippen LogP contribution in [0, 0.1) is 0 Å². The molecule has 0 saturated carbocycles. The molecule has 0 aromatic heterocycles. The Bertz CT molecular complexity index is 503. The second-order valence-electron chi connectivity index (χ2n) is 5.05. The molecule has 3 N–H and O–H groups in total. The van der Waals surface area contributed by atoms with Crippen molar-refractivity contribution in [1.82, 2.24) is 10.6 Å². The first kappa shape index (κ1) is 11.3. The van der Waals surface area contributed by atoms with Crippen LogP contribution in [0.15, 0.2) is 18.2 Å². The van der Waals surface area contributed by atoms with Crippen LogP contribution in [-0.2, 0) is 5.41 Å². The predicted octanol–water partition coefficient (Wildman–Crippen LogP) is 1.41. The van der Waals surface area contributed by atoms with Crippen molar-refractivity contribution >= 4 is 11.8 Å². The van der Waals surface area contributed by atoms with Crippen molar-refractivity contribution in [2.45, 2.75) is 24.9 Å². The van der Waals surface area contributed by atoms with Gasteiger partial charge < -0.3 is 15.4 Å². The SMILES string of the molecule is CNC(=O)Oc1ccc2c(c1)[C@]1(C)CCN[C@@H]1N2. The van der Waals surface area contributed by atoms with E-state index < -0.39 is 6.09 Å². The third kappa shape index (κ3) is 1.54. The Kier molecular flexibility index (Phi) is 2.45. The molecule has 3 rings (SSSR count). The second kappa shape index (κ2) is 3.88. The number of ether oxygens (including phenoxy) is 1. The number of benzene rings is 1. The average Bonchev–Trinajstić information content (AvgIpc) is 2.84. The highest BCUT2D eigenvalue weighted by Crippen LogP contribution is 2.46. The fraction of sp³-hybridized carbons (Fsp3) is 0.462. The van der Waals surface area contributed by atoms with Crippen LogP contribution in [0.4, 0.5) is 10.5 Å². The number of nitrogens with one attached hydrogen (secondary N) is 3. The number of amides is 1. The summed E-state index contributed by atoms with van der Waals surface area (Å²) in [6.45, 7) is 3.24. The normalized spacial score (nSPS) is 28.2. The lowest BCUT2D eigenvalue weighted by Gasteiger charge is -2.23. The molecule has 2 atom stereocenters. The first-order valence-corrected chi connectivity index (χ1v) is 6.17. The van der Waals surface area contributed by atoms with Crippen molar-refractivity contribution in [3.8, 4) is 5.75 Å². The van der Waals surface area contributed by atoms with Crippen LogP contribution in [0.1, 0.15) is 18.9 Å². The molecular formula is C13H17N3O2. The van der Waals surface area contributed by atoms with Gasteiger partial charge in [-0.15, -0.1) is 0 Å². The van der Waals surface area contributed by atoms with Crippen molar-refractivity contribution in [3.63, 3.8) is 0 Å². The number of fused-ring (bicyclic) bond motifs is 3. The number of hydrogen-bond acceptors (Lipinski definition) is 4. The van der Waals surface area contributed by atoms with Gasteiger partial charge in [0.1, 0.15) is 5.75 Å². The minimum absolute atomic E-state index is 0.0807. The number of hydrogen-bond donors (Lipinski definition) is 3. The molecule has 1 amide bonds. The first-order valence-electron chi connectivity index (χ1n) is 6.17. The van der Waals surface area contributed by atoms with Gasteiger partial charge >= 0.3 is 6.09 Å². The van der Waals surface area contributed by atoms with Crippen LogP contribution in [0.5, 0.6) is 5.75 Å². The zero-order chi connectivity index (χ0) is 12.8. The molecular weight excluding hydrogens is 230 g/mol. The molecule has 5 nitrogen and oxygen atoms in total. The van der Waals surface area contributed by atoms with E-state index in [0.29, 0.717) is 5.75 Å². The molecule has 0 bridgehead atoms. The molecule has 1 aromatic rings. The number of rotatable bonds is 1. The smallest absolute Gasteiger partial charge is 0.410 e. The van der Waals surface area contributed by atoms with Gasteiger partial charge in [0.2, 0.25) is 0 Å².